The normalized spacial score (nSPS) is 10.5. The number of oxime groups is 1. The monoisotopic (exact) mass is 181 g/mol. The van der Waals surface area contributed by atoms with Gasteiger partial charge in [-0.05, 0) is 5.56 Å². The summed E-state index contributed by atoms with van der Waals surface area (Å²) in [4.78, 5) is 9.63. The van der Waals surface area contributed by atoms with Gasteiger partial charge in [-0.3, -0.25) is 10.1 Å². The summed E-state index contributed by atoms with van der Waals surface area (Å²) >= 11 is 0. The standard InChI is InChI=1S/C7H6N2O4/c10-7-2-1-6(9(12)13)3-5(7)4-8-11/h1-4,10-11H/p-1/b8-4+. The van der Waals surface area contributed by atoms with Crippen molar-refractivity contribution in [2.24, 2.45) is 5.16 Å². The third-order valence-electron chi connectivity index (χ3n) is 1.40. The first-order valence-electron chi connectivity index (χ1n) is 3.28. The second-order valence-electron chi connectivity index (χ2n) is 2.22. The lowest BCUT2D eigenvalue weighted by molar-refractivity contribution is -0.385. The quantitative estimate of drug-likeness (QED) is 0.310. The predicted octanol–water partition coefficient (Wildman–Crippen LogP) is 0.476. The first-order valence-corrected chi connectivity index (χ1v) is 3.28. The molecule has 0 aliphatic rings. The number of non-ortho nitro benzene ring substituents is 1. The van der Waals surface area contributed by atoms with Gasteiger partial charge in [-0.2, -0.15) is 0 Å². The van der Waals surface area contributed by atoms with Crippen LogP contribution in [0.1, 0.15) is 5.56 Å². The Morgan fingerprint density at radius 2 is 2.23 bits per heavy atom. The summed E-state index contributed by atoms with van der Waals surface area (Å²) in [5, 5.41) is 32.0. The van der Waals surface area contributed by atoms with Crippen LogP contribution in [0, 0.1) is 10.1 Å². The van der Waals surface area contributed by atoms with Crippen molar-refractivity contribution < 1.29 is 15.2 Å². The molecule has 0 saturated carbocycles. The van der Waals surface area contributed by atoms with Crippen molar-refractivity contribution in [3.63, 3.8) is 0 Å². The number of hydrogen-bond acceptors (Lipinski definition) is 5. The van der Waals surface area contributed by atoms with Gasteiger partial charge in [0.1, 0.15) is 0 Å². The van der Waals surface area contributed by atoms with E-state index in [4.69, 9.17) is 5.21 Å². The summed E-state index contributed by atoms with van der Waals surface area (Å²) < 4.78 is 0. The van der Waals surface area contributed by atoms with Crippen LogP contribution >= 0.6 is 0 Å². The lowest BCUT2D eigenvalue weighted by Gasteiger charge is -2.07. The van der Waals surface area contributed by atoms with Crippen LogP contribution in [0.5, 0.6) is 5.75 Å². The van der Waals surface area contributed by atoms with E-state index >= 15 is 0 Å². The van der Waals surface area contributed by atoms with E-state index in [1.807, 2.05) is 0 Å². The molecule has 1 rings (SSSR count). The van der Waals surface area contributed by atoms with Crippen LogP contribution < -0.4 is 5.11 Å². The fourth-order valence-electron chi connectivity index (χ4n) is 0.813. The molecule has 0 amide bonds. The molecular weight excluding hydrogens is 176 g/mol. The first kappa shape index (κ1) is 8.98. The summed E-state index contributed by atoms with van der Waals surface area (Å²) in [7, 11) is 0. The van der Waals surface area contributed by atoms with Gasteiger partial charge >= 0.3 is 0 Å². The Kier molecular flexibility index (Phi) is 2.44. The number of benzene rings is 1. The van der Waals surface area contributed by atoms with Gasteiger partial charge < -0.3 is 10.3 Å². The number of rotatable bonds is 2. The third-order valence-corrected chi connectivity index (χ3v) is 1.40. The van der Waals surface area contributed by atoms with Crippen LogP contribution in [0.15, 0.2) is 23.4 Å². The Morgan fingerprint density at radius 1 is 1.54 bits per heavy atom. The van der Waals surface area contributed by atoms with Crippen molar-refractivity contribution in [2.75, 3.05) is 0 Å². The van der Waals surface area contributed by atoms with E-state index in [0.29, 0.717) is 0 Å². The first-order chi connectivity index (χ1) is 6.15. The molecule has 0 atom stereocenters. The smallest absolute Gasteiger partial charge is 0.270 e. The average Bonchev–Trinajstić information content (AvgIpc) is 2.08. The van der Waals surface area contributed by atoms with Crippen LogP contribution in [-0.4, -0.2) is 16.3 Å². The maximum atomic E-state index is 11.0. The number of nitro benzene ring substituents is 1. The predicted molar refractivity (Wildman–Crippen MR) is 41.9 cm³/mol. The highest BCUT2D eigenvalue weighted by molar-refractivity contribution is 5.83. The van der Waals surface area contributed by atoms with Gasteiger partial charge in [0.25, 0.3) is 5.69 Å². The maximum absolute atomic E-state index is 11.0. The summed E-state index contributed by atoms with van der Waals surface area (Å²) in [6, 6.07) is 3.19. The maximum Gasteiger partial charge on any atom is 0.270 e. The van der Waals surface area contributed by atoms with Crippen molar-refractivity contribution >= 4 is 11.9 Å². The summed E-state index contributed by atoms with van der Waals surface area (Å²) in [6.07, 6.45) is 0.856. The molecule has 0 radical (unpaired) electrons. The molecule has 0 heterocycles. The average molecular weight is 181 g/mol. The van der Waals surface area contributed by atoms with Crippen molar-refractivity contribution in [1.82, 2.24) is 0 Å². The van der Waals surface area contributed by atoms with Crippen LogP contribution in [0.4, 0.5) is 5.69 Å². The molecule has 6 heteroatoms. The highest BCUT2D eigenvalue weighted by Crippen LogP contribution is 2.18. The highest BCUT2D eigenvalue weighted by atomic mass is 16.6. The van der Waals surface area contributed by atoms with Crippen molar-refractivity contribution in [3.8, 4) is 5.75 Å². The zero-order chi connectivity index (χ0) is 9.84. The Balaban J connectivity index is 3.18. The molecule has 0 aromatic heterocycles. The molecule has 1 aromatic rings. The minimum atomic E-state index is -0.631. The van der Waals surface area contributed by atoms with Gasteiger partial charge in [0.05, 0.1) is 11.1 Å². The zero-order valence-corrected chi connectivity index (χ0v) is 6.38. The summed E-state index contributed by atoms with van der Waals surface area (Å²) in [5.41, 5.74) is -0.230. The second-order valence-corrected chi connectivity index (χ2v) is 2.22. The van der Waals surface area contributed by atoms with Crippen LogP contribution in [0.25, 0.3) is 0 Å². The number of nitrogens with zero attached hydrogens (tertiary/aromatic N) is 2. The van der Waals surface area contributed by atoms with Crippen molar-refractivity contribution in [1.29, 1.82) is 0 Å². The molecule has 0 aliphatic carbocycles. The minimum Gasteiger partial charge on any atom is -0.872 e. The van der Waals surface area contributed by atoms with E-state index in [1.54, 1.807) is 0 Å². The Labute approximate surface area is 72.9 Å². The third kappa shape index (κ3) is 1.92. The van der Waals surface area contributed by atoms with Gasteiger partial charge in [-0.1, -0.05) is 17.0 Å². The lowest BCUT2D eigenvalue weighted by atomic mass is 10.2. The molecule has 0 unspecified atom stereocenters. The molecule has 68 valence electrons. The Bertz CT molecular complexity index is 362. The van der Waals surface area contributed by atoms with E-state index in [1.165, 1.54) is 0 Å². The van der Waals surface area contributed by atoms with Crippen LogP contribution in [0.2, 0.25) is 0 Å². The van der Waals surface area contributed by atoms with Gasteiger partial charge in [0.2, 0.25) is 0 Å². The van der Waals surface area contributed by atoms with Crippen LogP contribution in [-0.2, 0) is 0 Å². The highest BCUT2D eigenvalue weighted by Gasteiger charge is 2.04. The van der Waals surface area contributed by atoms with Gasteiger partial charge in [0, 0.05) is 12.1 Å². The van der Waals surface area contributed by atoms with E-state index in [0.717, 1.165) is 24.4 Å². The van der Waals surface area contributed by atoms with Crippen LogP contribution in [0.3, 0.4) is 0 Å². The van der Waals surface area contributed by atoms with Gasteiger partial charge in [0.15, 0.2) is 0 Å². The molecule has 6 nitrogen and oxygen atoms in total. The second kappa shape index (κ2) is 3.53. The molecule has 1 aromatic carbocycles. The molecular formula is C7H5N2O4-. The number of nitro groups is 1. The fourth-order valence-corrected chi connectivity index (χ4v) is 0.813. The van der Waals surface area contributed by atoms with E-state index in [-0.39, 0.29) is 11.3 Å². The molecule has 0 bridgehead atoms. The number of hydrogen-bond donors (Lipinski definition) is 1. The molecule has 0 saturated heterocycles. The Hall–Kier alpha value is -2.11. The largest absolute Gasteiger partial charge is 0.872 e. The molecule has 0 aliphatic heterocycles. The van der Waals surface area contributed by atoms with Gasteiger partial charge in [-0.25, -0.2) is 0 Å². The van der Waals surface area contributed by atoms with E-state index in [2.05, 4.69) is 5.16 Å². The minimum absolute atomic E-state index is 0.0169. The molecule has 0 fully saturated rings. The Morgan fingerprint density at radius 3 is 2.77 bits per heavy atom. The SMILES string of the molecule is O=[N+]([O-])c1ccc([O-])c(/C=N/O)c1. The van der Waals surface area contributed by atoms with Gasteiger partial charge in [-0.15, -0.1) is 0 Å². The topological polar surface area (TPSA) is 98.8 Å². The zero-order valence-electron chi connectivity index (χ0n) is 6.38. The van der Waals surface area contributed by atoms with E-state index < -0.39 is 10.7 Å². The summed E-state index contributed by atoms with van der Waals surface area (Å²) in [6.45, 7) is 0. The molecule has 1 N–H and O–H groups in total. The van der Waals surface area contributed by atoms with E-state index in [9.17, 15) is 15.2 Å². The fraction of sp³-hybridized carbons (Fsp3) is 0. The molecule has 0 spiro atoms. The lowest BCUT2D eigenvalue weighted by Crippen LogP contribution is -1.97. The summed E-state index contributed by atoms with van der Waals surface area (Å²) in [5.74, 6) is -0.427. The van der Waals surface area contributed by atoms with Crippen molar-refractivity contribution in [3.05, 3.63) is 33.9 Å². The molecule has 13 heavy (non-hydrogen) atoms. The van der Waals surface area contributed by atoms with Crippen molar-refractivity contribution in [2.45, 2.75) is 0 Å².